The second kappa shape index (κ2) is 8.71. The van der Waals surface area contributed by atoms with Crippen molar-refractivity contribution in [2.45, 2.75) is 26.1 Å². The number of hydrogen-bond acceptors (Lipinski definition) is 4. The highest BCUT2D eigenvalue weighted by molar-refractivity contribution is 6.29. The van der Waals surface area contributed by atoms with Crippen LogP contribution in [0, 0.1) is 6.92 Å². The van der Waals surface area contributed by atoms with Gasteiger partial charge in [-0.1, -0.05) is 23.7 Å². The molecule has 0 aliphatic heterocycles. The van der Waals surface area contributed by atoms with E-state index in [-0.39, 0.29) is 16.8 Å². The first-order valence-corrected chi connectivity index (χ1v) is 9.34. The first kappa shape index (κ1) is 21.6. The molecule has 9 heteroatoms. The zero-order valence-electron chi connectivity index (χ0n) is 16.1. The summed E-state index contributed by atoms with van der Waals surface area (Å²) in [5.41, 5.74) is 0.715. The van der Waals surface area contributed by atoms with Gasteiger partial charge in [-0.25, -0.2) is 4.98 Å². The van der Waals surface area contributed by atoms with Gasteiger partial charge in [-0.3, -0.25) is 9.78 Å². The van der Waals surface area contributed by atoms with Crippen molar-refractivity contribution in [2.24, 2.45) is 0 Å². The Balaban J connectivity index is 1.76. The summed E-state index contributed by atoms with van der Waals surface area (Å²) >= 11 is 5.83. The van der Waals surface area contributed by atoms with Crippen LogP contribution in [0.15, 0.2) is 54.9 Å². The number of anilines is 2. The fourth-order valence-electron chi connectivity index (χ4n) is 2.88. The molecular weight excluding hydrogens is 417 g/mol. The number of aromatic nitrogens is 2. The maximum absolute atomic E-state index is 13.0. The highest BCUT2D eigenvalue weighted by Crippen LogP contribution is 2.31. The van der Waals surface area contributed by atoms with Crippen molar-refractivity contribution in [3.8, 4) is 0 Å². The van der Waals surface area contributed by atoms with Crippen LogP contribution >= 0.6 is 11.6 Å². The largest absolute Gasteiger partial charge is 0.416 e. The smallest absolute Gasteiger partial charge is 0.362 e. The monoisotopic (exact) mass is 434 g/mol. The summed E-state index contributed by atoms with van der Waals surface area (Å²) in [7, 11) is 0. The first-order valence-electron chi connectivity index (χ1n) is 8.96. The predicted molar refractivity (Wildman–Crippen MR) is 110 cm³/mol. The maximum atomic E-state index is 13.0. The molecular formula is C21H18ClF3N4O. The number of alkyl halides is 3. The zero-order chi connectivity index (χ0) is 21.9. The molecule has 0 bridgehead atoms. The lowest BCUT2D eigenvalue weighted by Gasteiger charge is -2.16. The van der Waals surface area contributed by atoms with Crippen molar-refractivity contribution in [1.29, 1.82) is 0 Å². The van der Waals surface area contributed by atoms with Gasteiger partial charge < -0.3 is 10.6 Å². The van der Waals surface area contributed by atoms with Crippen LogP contribution in [0.5, 0.6) is 0 Å². The highest BCUT2D eigenvalue weighted by Gasteiger charge is 2.31. The molecule has 1 amide bonds. The third kappa shape index (κ3) is 5.48. The second-order valence-electron chi connectivity index (χ2n) is 6.76. The summed E-state index contributed by atoms with van der Waals surface area (Å²) in [6.45, 7) is 3.40. The van der Waals surface area contributed by atoms with Crippen molar-refractivity contribution in [2.75, 3.05) is 10.6 Å². The lowest BCUT2D eigenvalue weighted by Crippen LogP contribution is -2.15. The molecule has 1 heterocycles. The number of benzene rings is 2. The Morgan fingerprint density at radius 2 is 1.90 bits per heavy atom. The van der Waals surface area contributed by atoms with E-state index < -0.39 is 17.6 Å². The molecule has 3 aromatic rings. The highest BCUT2D eigenvalue weighted by atomic mass is 35.5. The van der Waals surface area contributed by atoms with Crippen LogP contribution in [0.25, 0.3) is 0 Å². The van der Waals surface area contributed by atoms with Crippen molar-refractivity contribution in [3.63, 3.8) is 0 Å². The number of rotatable bonds is 5. The summed E-state index contributed by atoms with van der Waals surface area (Å²) in [6, 6.07) is 10.0. The first-order chi connectivity index (χ1) is 14.1. The molecule has 5 nitrogen and oxygen atoms in total. The molecule has 0 spiro atoms. The lowest BCUT2D eigenvalue weighted by atomic mass is 10.0. The van der Waals surface area contributed by atoms with E-state index in [0.717, 1.165) is 17.7 Å². The minimum atomic E-state index is -4.52. The van der Waals surface area contributed by atoms with Gasteiger partial charge in [0.25, 0.3) is 5.91 Å². The molecule has 1 aromatic heterocycles. The van der Waals surface area contributed by atoms with Crippen LogP contribution in [0.4, 0.5) is 24.7 Å². The molecule has 3 rings (SSSR count). The minimum absolute atomic E-state index is 0.0619. The molecule has 0 aliphatic rings. The summed E-state index contributed by atoms with van der Waals surface area (Å²) < 4.78 is 39.1. The number of carbonyl (C=O) groups is 1. The summed E-state index contributed by atoms with van der Waals surface area (Å²) in [6.07, 6.45) is -1.57. The third-order valence-electron chi connectivity index (χ3n) is 4.28. The summed E-state index contributed by atoms with van der Waals surface area (Å²) in [5, 5.41) is 6.05. The van der Waals surface area contributed by atoms with Crippen molar-refractivity contribution >= 4 is 29.0 Å². The number of amides is 1. The average molecular weight is 435 g/mol. The minimum Gasteiger partial charge on any atom is -0.362 e. The van der Waals surface area contributed by atoms with Gasteiger partial charge in [-0.05, 0) is 55.3 Å². The van der Waals surface area contributed by atoms with Crippen molar-refractivity contribution < 1.29 is 18.0 Å². The van der Waals surface area contributed by atoms with E-state index in [4.69, 9.17) is 11.6 Å². The Morgan fingerprint density at radius 1 is 1.13 bits per heavy atom. The average Bonchev–Trinajstić information content (AvgIpc) is 2.67. The van der Waals surface area contributed by atoms with Gasteiger partial charge in [0.1, 0.15) is 11.0 Å². The number of halogens is 4. The fourth-order valence-corrected chi connectivity index (χ4v) is 3.03. The predicted octanol–water partition coefficient (Wildman–Crippen LogP) is 5.88. The molecule has 156 valence electrons. The van der Waals surface area contributed by atoms with Crippen molar-refractivity contribution in [1.82, 2.24) is 9.97 Å². The molecule has 1 atom stereocenters. The van der Waals surface area contributed by atoms with Crippen LogP contribution in [0.2, 0.25) is 5.15 Å². The Morgan fingerprint density at radius 3 is 2.60 bits per heavy atom. The number of aryl methyl sites for hydroxylation is 1. The van der Waals surface area contributed by atoms with Gasteiger partial charge >= 0.3 is 6.18 Å². The topological polar surface area (TPSA) is 66.9 Å². The zero-order valence-corrected chi connectivity index (χ0v) is 16.8. The van der Waals surface area contributed by atoms with E-state index in [1.165, 1.54) is 25.4 Å². The van der Waals surface area contributed by atoms with E-state index in [1.54, 1.807) is 18.2 Å². The number of hydrogen-bond donors (Lipinski definition) is 2. The van der Waals surface area contributed by atoms with Crippen LogP contribution in [0.3, 0.4) is 0 Å². The Kier molecular flexibility index (Phi) is 6.26. The van der Waals surface area contributed by atoms with Crippen LogP contribution in [0.1, 0.15) is 40.0 Å². The third-order valence-corrected chi connectivity index (χ3v) is 4.46. The molecule has 2 aromatic carbocycles. The normalized spacial score (nSPS) is 12.3. The van der Waals surface area contributed by atoms with Crippen LogP contribution in [-0.2, 0) is 6.18 Å². The summed E-state index contributed by atoms with van der Waals surface area (Å²) in [4.78, 5) is 20.6. The molecule has 0 fully saturated rings. The summed E-state index contributed by atoms with van der Waals surface area (Å²) in [5.74, 6) is -0.133. The van der Waals surface area contributed by atoms with E-state index >= 15 is 0 Å². The Hall–Kier alpha value is -3.13. The molecule has 30 heavy (non-hydrogen) atoms. The molecule has 0 saturated heterocycles. The van der Waals surface area contributed by atoms with E-state index in [9.17, 15) is 18.0 Å². The molecule has 0 unspecified atom stereocenters. The number of carbonyl (C=O) groups excluding carboxylic acids is 1. The molecule has 0 saturated carbocycles. The SMILES string of the molecule is Cc1cc(C(=O)Nc2cccc([C@H](C)Nc3cncc(Cl)n3)c2)cc(C(F)(F)F)c1. The Labute approximate surface area is 176 Å². The van der Waals surface area contributed by atoms with E-state index in [2.05, 4.69) is 20.6 Å². The quantitative estimate of drug-likeness (QED) is 0.526. The van der Waals surface area contributed by atoms with Gasteiger partial charge in [0.2, 0.25) is 0 Å². The molecule has 2 N–H and O–H groups in total. The Bertz CT molecular complexity index is 1070. The van der Waals surface area contributed by atoms with Gasteiger partial charge in [-0.2, -0.15) is 13.2 Å². The second-order valence-corrected chi connectivity index (χ2v) is 7.15. The molecule has 0 aliphatic carbocycles. The van der Waals surface area contributed by atoms with Gasteiger partial charge in [-0.15, -0.1) is 0 Å². The lowest BCUT2D eigenvalue weighted by molar-refractivity contribution is -0.137. The maximum Gasteiger partial charge on any atom is 0.416 e. The van der Waals surface area contributed by atoms with Gasteiger partial charge in [0.15, 0.2) is 0 Å². The van der Waals surface area contributed by atoms with Crippen molar-refractivity contribution in [3.05, 3.63) is 82.3 Å². The van der Waals surface area contributed by atoms with Gasteiger partial charge in [0, 0.05) is 11.3 Å². The van der Waals surface area contributed by atoms with E-state index in [1.807, 2.05) is 13.0 Å². The van der Waals surface area contributed by atoms with Crippen LogP contribution in [-0.4, -0.2) is 15.9 Å². The molecule has 0 radical (unpaired) electrons. The number of nitrogens with zero attached hydrogens (tertiary/aromatic N) is 2. The van der Waals surface area contributed by atoms with Gasteiger partial charge in [0.05, 0.1) is 24.0 Å². The fraction of sp³-hybridized carbons (Fsp3) is 0.190. The van der Waals surface area contributed by atoms with Crippen LogP contribution < -0.4 is 10.6 Å². The standard InChI is InChI=1S/C21H18ClF3N4O/c1-12-6-15(8-16(7-12)21(23,24)25)20(30)28-17-5-3-4-14(9-17)13(2)27-19-11-26-10-18(22)29-19/h3-11,13H,1-2H3,(H,27,29)(H,28,30)/t13-/m0/s1. The number of nitrogens with one attached hydrogen (secondary N) is 2. The van der Waals surface area contributed by atoms with E-state index in [0.29, 0.717) is 17.1 Å².